The zero-order valence-electron chi connectivity index (χ0n) is 20.9. The lowest BCUT2D eigenvalue weighted by atomic mass is 10.1. The monoisotopic (exact) mass is 499 g/mol. The second-order valence-electron chi connectivity index (χ2n) is 9.92. The lowest BCUT2D eigenvalue weighted by Crippen LogP contribution is -2.34. The number of rotatable bonds is 8. The standard InChI is InChI=1S/C25H29N11O/c1-16-20(9-17(10-29-16)23(37)28-6-8-36-7-5-25(14-36)3-4-25)32-21-19-13-30-24(33-22(19)35(2)34-21)31-18-11-26-15-27-12-18/h9-13,15H,3-8,14H2,1-2H3,(H,28,37)(H,32,34)(H,30,31,33). The molecule has 0 radical (unpaired) electrons. The second kappa shape index (κ2) is 9.36. The van der Waals surface area contributed by atoms with Crippen LogP contribution < -0.4 is 16.0 Å². The van der Waals surface area contributed by atoms with E-state index >= 15 is 0 Å². The molecule has 2 aliphatic rings. The molecule has 4 aromatic heterocycles. The number of amides is 1. The molecule has 5 heterocycles. The highest BCUT2D eigenvalue weighted by Crippen LogP contribution is 2.52. The summed E-state index contributed by atoms with van der Waals surface area (Å²) in [6.45, 7) is 5.70. The molecule has 1 aliphatic carbocycles. The van der Waals surface area contributed by atoms with E-state index in [0.717, 1.165) is 24.2 Å². The molecule has 1 aliphatic heterocycles. The number of nitrogens with one attached hydrogen (secondary N) is 3. The van der Waals surface area contributed by atoms with E-state index in [2.05, 4.69) is 50.9 Å². The van der Waals surface area contributed by atoms with Gasteiger partial charge in [-0.1, -0.05) is 0 Å². The zero-order chi connectivity index (χ0) is 25.4. The summed E-state index contributed by atoms with van der Waals surface area (Å²) in [7, 11) is 1.82. The number of nitrogens with zero attached hydrogens (tertiary/aromatic N) is 8. The van der Waals surface area contributed by atoms with Crippen molar-refractivity contribution in [3.8, 4) is 0 Å². The number of fused-ring (bicyclic) bond motifs is 1. The predicted octanol–water partition coefficient (Wildman–Crippen LogP) is 2.56. The molecule has 12 heteroatoms. The summed E-state index contributed by atoms with van der Waals surface area (Å²) in [6, 6.07) is 1.80. The fraction of sp³-hybridized carbons (Fsp3) is 0.400. The molecule has 1 saturated heterocycles. The number of anilines is 4. The van der Waals surface area contributed by atoms with Crippen molar-refractivity contribution in [2.24, 2.45) is 12.5 Å². The van der Waals surface area contributed by atoms with Gasteiger partial charge in [0.05, 0.1) is 40.4 Å². The first-order valence-corrected chi connectivity index (χ1v) is 12.4. The van der Waals surface area contributed by atoms with Crippen molar-refractivity contribution < 1.29 is 4.79 Å². The first-order valence-electron chi connectivity index (χ1n) is 12.4. The van der Waals surface area contributed by atoms with Crippen molar-refractivity contribution in [2.45, 2.75) is 26.2 Å². The van der Waals surface area contributed by atoms with Gasteiger partial charge in [0.15, 0.2) is 11.5 Å². The first kappa shape index (κ1) is 23.2. The third-order valence-electron chi connectivity index (χ3n) is 7.19. The summed E-state index contributed by atoms with van der Waals surface area (Å²) in [5.74, 6) is 0.859. The molecular weight excluding hydrogens is 470 g/mol. The second-order valence-corrected chi connectivity index (χ2v) is 9.92. The minimum absolute atomic E-state index is 0.134. The number of carbonyl (C=O) groups is 1. The maximum atomic E-state index is 12.8. The van der Waals surface area contributed by atoms with E-state index in [1.54, 1.807) is 35.5 Å². The van der Waals surface area contributed by atoms with E-state index < -0.39 is 0 Å². The van der Waals surface area contributed by atoms with Gasteiger partial charge in [0.1, 0.15) is 6.33 Å². The van der Waals surface area contributed by atoms with Crippen LogP contribution >= 0.6 is 0 Å². The van der Waals surface area contributed by atoms with Crippen molar-refractivity contribution >= 4 is 40.1 Å². The van der Waals surface area contributed by atoms with Crippen molar-refractivity contribution in [3.63, 3.8) is 0 Å². The quantitative estimate of drug-likeness (QED) is 0.331. The van der Waals surface area contributed by atoms with Gasteiger partial charge in [0.25, 0.3) is 5.91 Å². The van der Waals surface area contributed by atoms with Crippen molar-refractivity contribution in [2.75, 3.05) is 36.8 Å². The highest BCUT2D eigenvalue weighted by atomic mass is 16.1. The van der Waals surface area contributed by atoms with Crippen molar-refractivity contribution in [3.05, 3.63) is 48.4 Å². The van der Waals surface area contributed by atoms with Crippen LogP contribution in [0.3, 0.4) is 0 Å². The van der Waals surface area contributed by atoms with Gasteiger partial charge in [0.2, 0.25) is 5.95 Å². The molecule has 12 nitrogen and oxygen atoms in total. The third-order valence-corrected chi connectivity index (χ3v) is 7.19. The Morgan fingerprint density at radius 2 is 1.92 bits per heavy atom. The van der Waals surface area contributed by atoms with Gasteiger partial charge in [-0.3, -0.25) is 9.78 Å². The Labute approximate surface area is 214 Å². The van der Waals surface area contributed by atoms with Crippen LogP contribution in [0.2, 0.25) is 0 Å². The Balaban J connectivity index is 1.14. The minimum Gasteiger partial charge on any atom is -0.351 e. The minimum atomic E-state index is -0.134. The molecule has 6 rings (SSSR count). The Morgan fingerprint density at radius 3 is 2.70 bits per heavy atom. The van der Waals surface area contributed by atoms with Gasteiger partial charge in [-0.2, -0.15) is 10.1 Å². The highest BCUT2D eigenvalue weighted by Gasteiger charge is 2.47. The molecule has 37 heavy (non-hydrogen) atoms. The number of carbonyl (C=O) groups excluding carboxylic acids is 1. The summed E-state index contributed by atoms with van der Waals surface area (Å²) < 4.78 is 1.68. The van der Waals surface area contributed by atoms with Gasteiger partial charge in [-0.15, -0.1) is 0 Å². The highest BCUT2D eigenvalue weighted by molar-refractivity contribution is 5.96. The lowest BCUT2D eigenvalue weighted by molar-refractivity contribution is 0.0949. The van der Waals surface area contributed by atoms with Crippen LogP contribution in [-0.2, 0) is 7.05 Å². The van der Waals surface area contributed by atoms with Crippen LogP contribution in [0.1, 0.15) is 35.3 Å². The van der Waals surface area contributed by atoms with E-state index in [0.29, 0.717) is 46.3 Å². The van der Waals surface area contributed by atoms with Gasteiger partial charge >= 0.3 is 0 Å². The molecule has 0 atom stereocenters. The maximum Gasteiger partial charge on any atom is 0.252 e. The van der Waals surface area contributed by atoms with E-state index in [9.17, 15) is 4.79 Å². The van der Waals surface area contributed by atoms with Crippen LogP contribution in [0, 0.1) is 12.3 Å². The number of pyridine rings is 1. The molecule has 190 valence electrons. The third kappa shape index (κ3) is 4.92. The summed E-state index contributed by atoms with van der Waals surface area (Å²) in [4.78, 5) is 36.7. The van der Waals surface area contributed by atoms with Gasteiger partial charge in [-0.25, -0.2) is 19.6 Å². The molecule has 1 amide bonds. The summed E-state index contributed by atoms with van der Waals surface area (Å²) in [5, 5.41) is 14.8. The number of aromatic nitrogens is 7. The van der Waals surface area contributed by atoms with Crippen LogP contribution in [0.25, 0.3) is 11.0 Å². The molecule has 1 spiro atoms. The Kier molecular flexibility index (Phi) is 5.87. The van der Waals surface area contributed by atoms with Crippen molar-refractivity contribution in [1.29, 1.82) is 0 Å². The van der Waals surface area contributed by atoms with E-state index in [4.69, 9.17) is 0 Å². The SMILES string of the molecule is Cc1ncc(C(=O)NCCN2CCC3(CC3)C2)cc1Nc1nn(C)c2nc(Nc3cncnc3)ncc12. The van der Waals surface area contributed by atoms with Gasteiger partial charge in [-0.05, 0) is 44.2 Å². The first-order chi connectivity index (χ1) is 18.0. The van der Waals surface area contributed by atoms with Gasteiger partial charge in [0, 0.05) is 39.1 Å². The number of hydrogen-bond donors (Lipinski definition) is 3. The number of aryl methyl sites for hydroxylation is 2. The van der Waals surface area contributed by atoms with Crippen LogP contribution in [0.5, 0.6) is 0 Å². The topological polar surface area (TPSA) is 139 Å². The lowest BCUT2D eigenvalue weighted by Gasteiger charge is -2.16. The predicted molar refractivity (Wildman–Crippen MR) is 139 cm³/mol. The fourth-order valence-corrected chi connectivity index (χ4v) is 4.83. The summed E-state index contributed by atoms with van der Waals surface area (Å²) >= 11 is 0. The Hall–Kier alpha value is -4.19. The van der Waals surface area contributed by atoms with Crippen molar-refractivity contribution in [1.82, 2.24) is 44.9 Å². The molecule has 4 aromatic rings. The molecular formula is C25H29N11O. The molecule has 1 saturated carbocycles. The van der Waals surface area contributed by atoms with Crippen LogP contribution in [0.15, 0.2) is 37.2 Å². The molecule has 0 bridgehead atoms. The summed E-state index contributed by atoms with van der Waals surface area (Å²) in [5.41, 5.74) is 3.89. The largest absolute Gasteiger partial charge is 0.351 e. The van der Waals surface area contributed by atoms with Crippen LogP contribution in [-0.4, -0.2) is 71.7 Å². The van der Waals surface area contributed by atoms with E-state index in [1.807, 2.05) is 14.0 Å². The normalized spacial score (nSPS) is 16.3. The number of hydrogen-bond acceptors (Lipinski definition) is 10. The molecule has 2 fully saturated rings. The molecule has 0 aromatic carbocycles. The van der Waals surface area contributed by atoms with E-state index in [-0.39, 0.29) is 5.91 Å². The fourth-order valence-electron chi connectivity index (χ4n) is 4.83. The maximum absolute atomic E-state index is 12.8. The van der Waals surface area contributed by atoms with Gasteiger partial charge < -0.3 is 20.9 Å². The summed E-state index contributed by atoms with van der Waals surface area (Å²) in [6.07, 6.45) is 12.1. The smallest absolute Gasteiger partial charge is 0.252 e. The Morgan fingerprint density at radius 1 is 1.08 bits per heavy atom. The van der Waals surface area contributed by atoms with Crippen LogP contribution in [0.4, 0.5) is 23.1 Å². The number of likely N-dealkylation sites (tertiary alicyclic amines) is 1. The molecule has 0 unspecified atom stereocenters. The Bertz CT molecular complexity index is 1450. The zero-order valence-corrected chi connectivity index (χ0v) is 20.9. The average Bonchev–Trinajstić information content (AvgIpc) is 3.44. The molecule has 3 N–H and O–H groups in total. The average molecular weight is 500 g/mol. The van der Waals surface area contributed by atoms with E-state index in [1.165, 1.54) is 32.1 Å².